The van der Waals surface area contributed by atoms with Gasteiger partial charge in [-0.05, 0) is 37.8 Å². The van der Waals surface area contributed by atoms with Crippen molar-refractivity contribution in [2.24, 2.45) is 11.8 Å². The Hall–Kier alpha value is -2.66. The summed E-state index contributed by atoms with van der Waals surface area (Å²) in [5, 5.41) is 3.50. The Morgan fingerprint density at radius 3 is 1.79 bits per heavy atom. The van der Waals surface area contributed by atoms with E-state index in [1.807, 2.05) is 88.4 Å². The van der Waals surface area contributed by atoms with Gasteiger partial charge in [-0.2, -0.15) is 0 Å². The minimum Gasteiger partial charge on any atom is -0.469 e. The molecule has 3 unspecified atom stereocenters. The molecule has 1 heterocycles. The Bertz CT molecular complexity index is 818. The largest absolute Gasteiger partial charge is 0.469 e. The van der Waals surface area contributed by atoms with Gasteiger partial charge in [-0.25, -0.2) is 0 Å². The van der Waals surface area contributed by atoms with Gasteiger partial charge in [-0.1, -0.05) is 67.6 Å². The van der Waals surface area contributed by atoms with Crippen molar-refractivity contribution in [2.45, 2.75) is 44.9 Å². The third-order valence-corrected chi connectivity index (χ3v) is 5.48. The summed E-state index contributed by atoms with van der Waals surface area (Å²) in [6.45, 7) is 7.41. The Kier molecular flexibility index (Phi) is 5.80. The van der Waals surface area contributed by atoms with Crippen LogP contribution in [0.4, 0.5) is 0 Å². The Morgan fingerprint density at radius 2 is 1.38 bits per heavy atom. The third kappa shape index (κ3) is 3.92. The second-order valence-corrected chi connectivity index (χ2v) is 8.56. The highest BCUT2D eigenvalue weighted by atomic mass is 16.6. The molecule has 2 aromatic rings. The third-order valence-electron chi connectivity index (χ3n) is 5.48. The zero-order chi connectivity index (χ0) is 21.2. The van der Waals surface area contributed by atoms with Gasteiger partial charge in [0.2, 0.25) is 0 Å². The number of hydrogen-bond donors (Lipinski definition) is 1. The van der Waals surface area contributed by atoms with Crippen LogP contribution in [0.15, 0.2) is 60.7 Å². The fraction of sp³-hybridized carbons (Fsp3) is 0.417. The summed E-state index contributed by atoms with van der Waals surface area (Å²) in [7, 11) is 1.39. The average molecular weight is 395 g/mol. The molecule has 1 fully saturated rings. The van der Waals surface area contributed by atoms with Crippen molar-refractivity contribution in [3.05, 3.63) is 71.8 Å². The minimum atomic E-state index is -0.906. The summed E-state index contributed by atoms with van der Waals surface area (Å²) in [5.74, 6) is -1.66. The van der Waals surface area contributed by atoms with Crippen LogP contribution in [0.3, 0.4) is 0 Å². The van der Waals surface area contributed by atoms with Gasteiger partial charge >= 0.3 is 11.9 Å². The number of carbonyl (C=O) groups excluding carboxylic acids is 2. The SMILES string of the molecule is COC(=O)C1C(C)C(C(=O)OC(C)(C)C)NC1(c1ccccc1)c1ccccc1. The van der Waals surface area contributed by atoms with E-state index in [1.54, 1.807) is 0 Å². The van der Waals surface area contributed by atoms with Crippen LogP contribution in [0.2, 0.25) is 0 Å². The molecule has 0 spiro atoms. The zero-order valence-electron chi connectivity index (χ0n) is 17.6. The van der Waals surface area contributed by atoms with Crippen LogP contribution in [0.25, 0.3) is 0 Å². The molecule has 1 aliphatic heterocycles. The molecule has 154 valence electrons. The normalized spacial score (nSPS) is 23.4. The van der Waals surface area contributed by atoms with Crippen molar-refractivity contribution in [3.8, 4) is 0 Å². The first-order chi connectivity index (χ1) is 13.7. The van der Waals surface area contributed by atoms with E-state index in [4.69, 9.17) is 9.47 Å². The molecule has 3 rings (SSSR count). The molecule has 3 atom stereocenters. The molecule has 5 heteroatoms. The van der Waals surface area contributed by atoms with Crippen LogP contribution in [-0.2, 0) is 24.6 Å². The number of rotatable bonds is 4. The molecule has 0 amide bonds. The monoisotopic (exact) mass is 395 g/mol. The number of benzene rings is 2. The van der Waals surface area contributed by atoms with Crippen molar-refractivity contribution in [2.75, 3.05) is 7.11 Å². The topological polar surface area (TPSA) is 64.6 Å². The minimum absolute atomic E-state index is 0.335. The number of nitrogens with one attached hydrogen (secondary N) is 1. The number of methoxy groups -OCH3 is 1. The lowest BCUT2D eigenvalue weighted by atomic mass is 9.71. The summed E-state index contributed by atoms with van der Waals surface area (Å²) >= 11 is 0. The molecule has 1 saturated heterocycles. The fourth-order valence-electron chi connectivity index (χ4n) is 4.31. The van der Waals surface area contributed by atoms with E-state index in [0.29, 0.717) is 0 Å². The van der Waals surface area contributed by atoms with E-state index in [1.165, 1.54) is 7.11 Å². The van der Waals surface area contributed by atoms with E-state index in [-0.39, 0.29) is 17.9 Å². The Morgan fingerprint density at radius 1 is 0.897 bits per heavy atom. The van der Waals surface area contributed by atoms with Crippen molar-refractivity contribution >= 4 is 11.9 Å². The zero-order valence-corrected chi connectivity index (χ0v) is 17.6. The van der Waals surface area contributed by atoms with Crippen LogP contribution < -0.4 is 5.32 Å². The van der Waals surface area contributed by atoms with Crippen molar-refractivity contribution < 1.29 is 19.1 Å². The molecule has 0 saturated carbocycles. The van der Waals surface area contributed by atoms with Crippen molar-refractivity contribution in [3.63, 3.8) is 0 Å². The molecule has 5 nitrogen and oxygen atoms in total. The molecule has 1 N–H and O–H groups in total. The first kappa shape index (κ1) is 21.1. The van der Waals surface area contributed by atoms with E-state index in [0.717, 1.165) is 11.1 Å². The lowest BCUT2D eigenvalue weighted by Gasteiger charge is -2.36. The summed E-state index contributed by atoms with van der Waals surface area (Å²) in [6, 6.07) is 18.8. The molecule has 0 aliphatic carbocycles. The van der Waals surface area contributed by atoms with E-state index < -0.39 is 23.1 Å². The molecular weight excluding hydrogens is 366 g/mol. The molecule has 0 bridgehead atoms. The molecule has 0 radical (unpaired) electrons. The lowest BCUT2D eigenvalue weighted by molar-refractivity contribution is -0.158. The fourth-order valence-corrected chi connectivity index (χ4v) is 4.31. The highest BCUT2D eigenvalue weighted by Crippen LogP contribution is 2.48. The number of carbonyl (C=O) groups is 2. The van der Waals surface area contributed by atoms with Crippen LogP contribution >= 0.6 is 0 Å². The summed E-state index contributed by atoms with van der Waals surface area (Å²) < 4.78 is 10.9. The maximum Gasteiger partial charge on any atom is 0.323 e. The molecule has 2 aromatic carbocycles. The number of ether oxygens (including phenoxy) is 2. The van der Waals surface area contributed by atoms with Gasteiger partial charge in [0.05, 0.1) is 18.6 Å². The van der Waals surface area contributed by atoms with Gasteiger partial charge < -0.3 is 9.47 Å². The van der Waals surface area contributed by atoms with Crippen molar-refractivity contribution in [1.29, 1.82) is 0 Å². The maximum absolute atomic E-state index is 13.0. The number of esters is 2. The molecule has 0 aromatic heterocycles. The van der Waals surface area contributed by atoms with Crippen LogP contribution in [0.1, 0.15) is 38.8 Å². The van der Waals surface area contributed by atoms with Crippen molar-refractivity contribution in [1.82, 2.24) is 5.32 Å². The first-order valence-electron chi connectivity index (χ1n) is 9.90. The second-order valence-electron chi connectivity index (χ2n) is 8.56. The summed E-state index contributed by atoms with van der Waals surface area (Å²) in [4.78, 5) is 26.1. The predicted molar refractivity (Wildman–Crippen MR) is 111 cm³/mol. The molecule has 1 aliphatic rings. The maximum atomic E-state index is 13.0. The Labute approximate surface area is 172 Å². The molecule has 29 heavy (non-hydrogen) atoms. The van der Waals surface area contributed by atoms with E-state index in [9.17, 15) is 9.59 Å². The first-order valence-corrected chi connectivity index (χ1v) is 9.90. The van der Waals surface area contributed by atoms with Crippen LogP contribution in [0, 0.1) is 11.8 Å². The highest BCUT2D eigenvalue weighted by molar-refractivity contribution is 5.83. The van der Waals surface area contributed by atoms with Crippen LogP contribution in [-0.4, -0.2) is 30.7 Å². The van der Waals surface area contributed by atoms with Gasteiger partial charge in [0, 0.05) is 0 Å². The van der Waals surface area contributed by atoms with E-state index >= 15 is 0 Å². The summed E-state index contributed by atoms with van der Waals surface area (Å²) in [6.07, 6.45) is 0. The summed E-state index contributed by atoms with van der Waals surface area (Å²) in [5.41, 5.74) is 0.277. The quantitative estimate of drug-likeness (QED) is 0.801. The highest BCUT2D eigenvalue weighted by Gasteiger charge is 2.59. The van der Waals surface area contributed by atoms with Gasteiger partial charge in [0.1, 0.15) is 11.6 Å². The average Bonchev–Trinajstić information content (AvgIpc) is 3.02. The van der Waals surface area contributed by atoms with E-state index in [2.05, 4.69) is 5.32 Å². The number of hydrogen-bond acceptors (Lipinski definition) is 5. The van der Waals surface area contributed by atoms with Crippen LogP contribution in [0.5, 0.6) is 0 Å². The lowest BCUT2D eigenvalue weighted by Crippen LogP contribution is -2.49. The van der Waals surface area contributed by atoms with Gasteiger partial charge in [0.25, 0.3) is 0 Å². The van der Waals surface area contributed by atoms with Gasteiger partial charge in [-0.15, -0.1) is 0 Å². The second kappa shape index (κ2) is 7.99. The smallest absolute Gasteiger partial charge is 0.323 e. The molecular formula is C24H29NO4. The Balaban J connectivity index is 2.19. The predicted octanol–water partition coefficient (Wildman–Crippen LogP) is 3.67. The van der Waals surface area contributed by atoms with Gasteiger partial charge in [0.15, 0.2) is 0 Å². The standard InChI is InChI=1S/C24H29NO4/c1-16-19(21(26)28-5)24(17-12-8-6-9-13-17,18-14-10-7-11-15-18)25-20(16)22(27)29-23(2,3)4/h6-16,19-20,25H,1-5H3. The van der Waals surface area contributed by atoms with Gasteiger partial charge in [-0.3, -0.25) is 14.9 Å².